The van der Waals surface area contributed by atoms with Crippen molar-refractivity contribution in [2.24, 2.45) is 0 Å². The number of rotatable bonds is 2. The molecule has 0 spiro atoms. The minimum absolute atomic E-state index is 0.0985. The maximum Gasteiger partial charge on any atom is 0.266 e. The molecule has 4 nitrogen and oxygen atoms in total. The van der Waals surface area contributed by atoms with Crippen molar-refractivity contribution in [2.45, 2.75) is 6.92 Å². The number of ether oxygens (including phenoxy) is 1. The highest BCUT2D eigenvalue weighted by Crippen LogP contribution is 2.31. The predicted octanol–water partition coefficient (Wildman–Crippen LogP) is 2.23. The Balaban J connectivity index is 2.77. The van der Waals surface area contributed by atoms with Crippen molar-refractivity contribution >= 4 is 0 Å². The molecular weight excluding hydrogens is 228 g/mol. The highest BCUT2D eigenvalue weighted by atomic mass is 16.5. The van der Waals surface area contributed by atoms with Gasteiger partial charge in [-0.2, -0.15) is 5.26 Å². The second kappa shape index (κ2) is 4.76. The van der Waals surface area contributed by atoms with E-state index >= 15 is 0 Å². The number of pyridine rings is 1. The Labute approximate surface area is 104 Å². The zero-order valence-electron chi connectivity index (χ0n) is 10.2. The summed E-state index contributed by atoms with van der Waals surface area (Å²) < 4.78 is 5.27. The van der Waals surface area contributed by atoms with Crippen LogP contribution in [0, 0.1) is 18.3 Å². The van der Waals surface area contributed by atoms with Gasteiger partial charge in [0.05, 0.1) is 7.11 Å². The first-order valence-corrected chi connectivity index (χ1v) is 5.44. The van der Waals surface area contributed by atoms with Crippen molar-refractivity contribution in [3.05, 3.63) is 51.9 Å². The number of hydrogen-bond donors (Lipinski definition) is 1. The molecule has 0 aliphatic heterocycles. The Bertz CT molecular complexity index is 681. The average molecular weight is 240 g/mol. The van der Waals surface area contributed by atoms with Crippen LogP contribution in [0.25, 0.3) is 11.1 Å². The van der Waals surface area contributed by atoms with E-state index in [1.54, 1.807) is 13.2 Å². The molecule has 0 saturated heterocycles. The summed E-state index contributed by atoms with van der Waals surface area (Å²) in [7, 11) is 1.56. The van der Waals surface area contributed by atoms with Crippen molar-refractivity contribution in [3.8, 4) is 22.9 Å². The van der Waals surface area contributed by atoms with Gasteiger partial charge in [-0.15, -0.1) is 0 Å². The highest BCUT2D eigenvalue weighted by molar-refractivity contribution is 5.75. The number of hydrogen-bond acceptors (Lipinski definition) is 3. The summed E-state index contributed by atoms with van der Waals surface area (Å²) >= 11 is 0. The van der Waals surface area contributed by atoms with Crippen LogP contribution in [0.2, 0.25) is 0 Å². The zero-order chi connectivity index (χ0) is 13.1. The molecule has 1 aromatic carbocycles. The maximum atomic E-state index is 11.6. The van der Waals surface area contributed by atoms with E-state index in [2.05, 4.69) is 4.98 Å². The first kappa shape index (κ1) is 11.9. The molecule has 1 N–H and O–H groups in total. The van der Waals surface area contributed by atoms with Gasteiger partial charge in [-0.25, -0.2) is 0 Å². The van der Waals surface area contributed by atoms with E-state index in [1.165, 1.54) is 6.20 Å². The fourth-order valence-corrected chi connectivity index (χ4v) is 1.85. The van der Waals surface area contributed by atoms with E-state index in [4.69, 9.17) is 10.00 Å². The average Bonchev–Trinajstić information content (AvgIpc) is 2.38. The Morgan fingerprint density at radius 3 is 2.72 bits per heavy atom. The lowest BCUT2D eigenvalue weighted by Gasteiger charge is -2.10. The fourth-order valence-electron chi connectivity index (χ4n) is 1.85. The van der Waals surface area contributed by atoms with Crippen LogP contribution in [0.3, 0.4) is 0 Å². The lowest BCUT2D eigenvalue weighted by atomic mass is 9.99. The van der Waals surface area contributed by atoms with Gasteiger partial charge >= 0.3 is 0 Å². The van der Waals surface area contributed by atoms with Crippen LogP contribution in [0.5, 0.6) is 5.75 Å². The van der Waals surface area contributed by atoms with E-state index < -0.39 is 5.56 Å². The van der Waals surface area contributed by atoms with Gasteiger partial charge in [-0.1, -0.05) is 11.6 Å². The zero-order valence-corrected chi connectivity index (χ0v) is 10.2. The number of H-pyrrole nitrogens is 1. The summed E-state index contributed by atoms with van der Waals surface area (Å²) in [5.41, 5.74) is 2.08. The quantitative estimate of drug-likeness (QED) is 0.875. The molecule has 18 heavy (non-hydrogen) atoms. The van der Waals surface area contributed by atoms with E-state index in [1.807, 2.05) is 31.2 Å². The second-order valence-corrected chi connectivity index (χ2v) is 3.91. The summed E-state index contributed by atoms with van der Waals surface area (Å²) in [6.45, 7) is 1.95. The third-order valence-corrected chi connectivity index (χ3v) is 2.72. The fraction of sp³-hybridized carbons (Fsp3) is 0.143. The first-order valence-electron chi connectivity index (χ1n) is 5.44. The number of methoxy groups -OCH3 is 1. The lowest BCUT2D eigenvalue weighted by Crippen LogP contribution is -2.10. The number of nitrogens with zero attached hydrogens (tertiary/aromatic N) is 1. The topological polar surface area (TPSA) is 65.9 Å². The van der Waals surface area contributed by atoms with Crippen molar-refractivity contribution < 1.29 is 4.74 Å². The van der Waals surface area contributed by atoms with Crippen LogP contribution in [-0.2, 0) is 0 Å². The van der Waals surface area contributed by atoms with Crippen LogP contribution in [0.1, 0.15) is 11.1 Å². The monoisotopic (exact) mass is 240 g/mol. The summed E-state index contributed by atoms with van der Waals surface area (Å²) in [5.74, 6) is 0.641. The van der Waals surface area contributed by atoms with Crippen LogP contribution in [0.15, 0.2) is 35.3 Å². The molecule has 0 atom stereocenters. The Kier molecular flexibility index (Phi) is 3.16. The first-order chi connectivity index (χ1) is 8.67. The van der Waals surface area contributed by atoms with Gasteiger partial charge in [0, 0.05) is 17.3 Å². The second-order valence-electron chi connectivity index (χ2n) is 3.91. The molecule has 2 rings (SSSR count). The molecule has 1 aromatic heterocycles. The highest BCUT2D eigenvalue weighted by Gasteiger charge is 2.12. The number of aromatic nitrogens is 1. The molecule has 0 fully saturated rings. The van der Waals surface area contributed by atoms with E-state index in [0.717, 1.165) is 11.1 Å². The minimum Gasteiger partial charge on any atom is -0.496 e. The number of aromatic amines is 1. The number of benzene rings is 1. The Hall–Kier alpha value is -2.54. The molecule has 0 bridgehead atoms. The third kappa shape index (κ3) is 1.98. The SMILES string of the molecule is COc1ccc(C)cc1-c1cc[nH]c(=O)c1C#N. The molecule has 90 valence electrons. The van der Waals surface area contributed by atoms with Crippen LogP contribution >= 0.6 is 0 Å². The summed E-state index contributed by atoms with van der Waals surface area (Å²) in [6.07, 6.45) is 1.53. The van der Waals surface area contributed by atoms with Crippen LogP contribution < -0.4 is 10.3 Å². The van der Waals surface area contributed by atoms with E-state index in [-0.39, 0.29) is 5.56 Å². The summed E-state index contributed by atoms with van der Waals surface area (Å²) in [6, 6.07) is 9.28. The molecule has 2 aromatic rings. The summed E-state index contributed by atoms with van der Waals surface area (Å²) in [4.78, 5) is 14.1. The molecule has 0 aliphatic carbocycles. The van der Waals surface area contributed by atoms with Gasteiger partial charge in [0.2, 0.25) is 0 Å². The van der Waals surface area contributed by atoms with Crippen molar-refractivity contribution in [1.29, 1.82) is 5.26 Å². The number of nitrogens with one attached hydrogen (secondary N) is 1. The molecular formula is C14H12N2O2. The lowest BCUT2D eigenvalue weighted by molar-refractivity contribution is 0.416. The Morgan fingerprint density at radius 2 is 2.06 bits per heavy atom. The van der Waals surface area contributed by atoms with Gasteiger partial charge < -0.3 is 9.72 Å². The van der Waals surface area contributed by atoms with Gasteiger partial charge in [0.1, 0.15) is 17.4 Å². The molecule has 0 unspecified atom stereocenters. The normalized spacial score (nSPS) is 9.83. The van der Waals surface area contributed by atoms with E-state index in [9.17, 15) is 4.79 Å². The van der Waals surface area contributed by atoms with Crippen LogP contribution in [-0.4, -0.2) is 12.1 Å². The Morgan fingerprint density at radius 1 is 1.28 bits per heavy atom. The molecule has 0 saturated carbocycles. The molecule has 0 aliphatic rings. The third-order valence-electron chi connectivity index (χ3n) is 2.72. The van der Waals surface area contributed by atoms with Crippen LogP contribution in [0.4, 0.5) is 0 Å². The maximum absolute atomic E-state index is 11.6. The molecule has 0 radical (unpaired) electrons. The number of nitriles is 1. The molecule has 4 heteroatoms. The van der Waals surface area contributed by atoms with Gasteiger partial charge in [-0.05, 0) is 25.1 Å². The van der Waals surface area contributed by atoms with Crippen molar-refractivity contribution in [2.75, 3.05) is 7.11 Å². The van der Waals surface area contributed by atoms with Gasteiger partial charge in [-0.3, -0.25) is 4.79 Å². The molecule has 0 amide bonds. The molecule has 1 heterocycles. The summed E-state index contributed by atoms with van der Waals surface area (Å²) in [5, 5.41) is 9.08. The van der Waals surface area contributed by atoms with Crippen molar-refractivity contribution in [3.63, 3.8) is 0 Å². The smallest absolute Gasteiger partial charge is 0.266 e. The number of aryl methyl sites for hydroxylation is 1. The van der Waals surface area contributed by atoms with Gasteiger partial charge in [0.15, 0.2) is 0 Å². The largest absolute Gasteiger partial charge is 0.496 e. The van der Waals surface area contributed by atoms with E-state index in [0.29, 0.717) is 11.3 Å². The minimum atomic E-state index is -0.390. The predicted molar refractivity (Wildman–Crippen MR) is 68.5 cm³/mol. The van der Waals surface area contributed by atoms with Gasteiger partial charge in [0.25, 0.3) is 5.56 Å². The standard InChI is InChI=1S/C14H12N2O2/c1-9-3-4-13(18-2)11(7-9)10-5-6-16-14(17)12(10)8-15/h3-7H,1-2H3,(H,16,17). The van der Waals surface area contributed by atoms with Crippen molar-refractivity contribution in [1.82, 2.24) is 4.98 Å².